The van der Waals surface area contributed by atoms with Crippen LogP contribution in [-0.2, 0) is 6.54 Å². The van der Waals surface area contributed by atoms with Gasteiger partial charge in [-0.05, 0) is 29.8 Å². The van der Waals surface area contributed by atoms with E-state index in [-0.39, 0.29) is 0 Å². The first-order chi connectivity index (χ1) is 7.84. The molecule has 0 aromatic heterocycles. The Morgan fingerprint density at radius 3 is 2.25 bits per heavy atom. The summed E-state index contributed by atoms with van der Waals surface area (Å²) in [4.78, 5) is 0. The molecule has 0 aliphatic heterocycles. The molecule has 0 unspecified atom stereocenters. The summed E-state index contributed by atoms with van der Waals surface area (Å²) < 4.78 is 0. The maximum absolute atomic E-state index is 5.60. The lowest BCUT2D eigenvalue weighted by atomic mass is 10.2. The predicted octanol–water partition coefficient (Wildman–Crippen LogP) is 2.39. The average Bonchev–Trinajstić information content (AvgIpc) is 2.33. The van der Waals surface area contributed by atoms with Crippen molar-refractivity contribution in [3.8, 4) is 0 Å². The van der Waals surface area contributed by atoms with Crippen LogP contribution in [0.2, 0.25) is 0 Å². The van der Waals surface area contributed by atoms with Gasteiger partial charge in [0.25, 0.3) is 0 Å². The van der Waals surface area contributed by atoms with E-state index in [1.54, 1.807) is 0 Å². The number of nitrogen functional groups attached to an aromatic ring is 1. The second kappa shape index (κ2) is 5.19. The van der Waals surface area contributed by atoms with Crippen LogP contribution in [0, 0.1) is 0 Å². The SMILES string of the molecule is Nc1ccc(NNCc2ccccc2)cc1. The molecule has 0 spiro atoms. The summed E-state index contributed by atoms with van der Waals surface area (Å²) in [6.45, 7) is 0.783. The summed E-state index contributed by atoms with van der Waals surface area (Å²) >= 11 is 0. The predicted molar refractivity (Wildman–Crippen MR) is 67.8 cm³/mol. The number of hydrogen-bond acceptors (Lipinski definition) is 3. The summed E-state index contributed by atoms with van der Waals surface area (Å²) in [5.41, 5.74) is 14.9. The lowest BCUT2D eigenvalue weighted by molar-refractivity contribution is 0.801. The van der Waals surface area contributed by atoms with Gasteiger partial charge in [-0.1, -0.05) is 30.3 Å². The van der Waals surface area contributed by atoms with Crippen molar-refractivity contribution in [3.05, 3.63) is 60.2 Å². The molecule has 16 heavy (non-hydrogen) atoms. The zero-order valence-corrected chi connectivity index (χ0v) is 8.98. The maximum Gasteiger partial charge on any atom is 0.0489 e. The summed E-state index contributed by atoms with van der Waals surface area (Å²) in [5, 5.41) is 0. The fraction of sp³-hybridized carbons (Fsp3) is 0.0769. The number of benzene rings is 2. The highest BCUT2D eigenvalue weighted by Crippen LogP contribution is 2.09. The second-order valence-electron chi connectivity index (χ2n) is 3.59. The van der Waals surface area contributed by atoms with Crippen LogP contribution in [0.5, 0.6) is 0 Å². The minimum atomic E-state index is 0.772. The Kier molecular flexibility index (Phi) is 3.41. The van der Waals surface area contributed by atoms with Gasteiger partial charge in [0.2, 0.25) is 0 Å². The quantitative estimate of drug-likeness (QED) is 0.540. The van der Waals surface area contributed by atoms with E-state index in [0.717, 1.165) is 17.9 Å². The molecule has 0 saturated heterocycles. The first-order valence-corrected chi connectivity index (χ1v) is 5.23. The number of hydrazine groups is 1. The normalized spacial score (nSPS) is 10.0. The number of nitrogens with two attached hydrogens (primary N) is 1. The Morgan fingerprint density at radius 2 is 1.56 bits per heavy atom. The molecule has 0 saturated carbocycles. The van der Waals surface area contributed by atoms with Crippen LogP contribution in [0.25, 0.3) is 0 Å². The molecule has 0 bridgehead atoms. The Labute approximate surface area is 95.3 Å². The minimum absolute atomic E-state index is 0.772. The second-order valence-corrected chi connectivity index (χ2v) is 3.59. The van der Waals surface area contributed by atoms with Gasteiger partial charge in [-0.15, -0.1) is 0 Å². The van der Waals surface area contributed by atoms with Gasteiger partial charge < -0.3 is 11.2 Å². The molecule has 0 heterocycles. The van der Waals surface area contributed by atoms with Crippen molar-refractivity contribution in [1.82, 2.24) is 5.43 Å². The van der Waals surface area contributed by atoms with Crippen molar-refractivity contribution in [3.63, 3.8) is 0 Å². The van der Waals surface area contributed by atoms with Crippen molar-refractivity contribution in [1.29, 1.82) is 0 Å². The van der Waals surface area contributed by atoms with Gasteiger partial charge in [-0.2, -0.15) is 0 Å². The fourth-order valence-corrected chi connectivity index (χ4v) is 1.41. The molecule has 2 aromatic rings. The van der Waals surface area contributed by atoms with Gasteiger partial charge in [0, 0.05) is 17.9 Å². The van der Waals surface area contributed by atoms with E-state index in [9.17, 15) is 0 Å². The van der Waals surface area contributed by atoms with Crippen molar-refractivity contribution < 1.29 is 0 Å². The van der Waals surface area contributed by atoms with Crippen LogP contribution in [-0.4, -0.2) is 0 Å². The molecule has 3 heteroatoms. The third kappa shape index (κ3) is 3.00. The summed E-state index contributed by atoms with van der Waals surface area (Å²) in [7, 11) is 0. The van der Waals surface area contributed by atoms with Gasteiger partial charge >= 0.3 is 0 Å². The van der Waals surface area contributed by atoms with Gasteiger partial charge in [0.05, 0.1) is 0 Å². The maximum atomic E-state index is 5.60. The molecular weight excluding hydrogens is 198 g/mol. The lowest BCUT2D eigenvalue weighted by Gasteiger charge is -2.08. The minimum Gasteiger partial charge on any atom is -0.399 e. The summed E-state index contributed by atoms with van der Waals surface area (Å²) in [6, 6.07) is 17.8. The third-order valence-corrected chi connectivity index (χ3v) is 2.28. The number of nitrogens with one attached hydrogen (secondary N) is 2. The first kappa shape index (κ1) is 10.5. The fourth-order valence-electron chi connectivity index (χ4n) is 1.41. The molecule has 0 aliphatic rings. The molecule has 82 valence electrons. The molecule has 0 atom stereocenters. The van der Waals surface area contributed by atoms with Crippen molar-refractivity contribution >= 4 is 11.4 Å². The van der Waals surface area contributed by atoms with Crippen LogP contribution in [0.1, 0.15) is 5.56 Å². The molecule has 0 aliphatic carbocycles. The van der Waals surface area contributed by atoms with E-state index >= 15 is 0 Å². The lowest BCUT2D eigenvalue weighted by Crippen LogP contribution is -2.20. The smallest absolute Gasteiger partial charge is 0.0489 e. The van der Waals surface area contributed by atoms with Gasteiger partial charge in [-0.3, -0.25) is 0 Å². The molecule has 3 nitrogen and oxygen atoms in total. The Balaban J connectivity index is 1.82. The van der Waals surface area contributed by atoms with Crippen molar-refractivity contribution in [2.24, 2.45) is 0 Å². The Bertz CT molecular complexity index is 423. The highest BCUT2D eigenvalue weighted by atomic mass is 15.3. The Morgan fingerprint density at radius 1 is 0.875 bits per heavy atom. The van der Waals surface area contributed by atoms with Gasteiger partial charge in [0.1, 0.15) is 0 Å². The Hall–Kier alpha value is -2.00. The number of rotatable bonds is 4. The topological polar surface area (TPSA) is 50.1 Å². The summed E-state index contributed by atoms with van der Waals surface area (Å²) in [6.07, 6.45) is 0. The molecule has 0 fully saturated rings. The highest BCUT2D eigenvalue weighted by Gasteiger charge is 1.92. The largest absolute Gasteiger partial charge is 0.399 e. The van der Waals surface area contributed by atoms with E-state index in [1.807, 2.05) is 42.5 Å². The van der Waals surface area contributed by atoms with E-state index in [1.165, 1.54) is 5.56 Å². The monoisotopic (exact) mass is 213 g/mol. The number of anilines is 2. The van der Waals surface area contributed by atoms with Crippen molar-refractivity contribution in [2.75, 3.05) is 11.2 Å². The molecule has 0 amide bonds. The van der Waals surface area contributed by atoms with E-state index < -0.39 is 0 Å². The van der Waals surface area contributed by atoms with Gasteiger partial charge in [0.15, 0.2) is 0 Å². The van der Waals surface area contributed by atoms with Crippen LogP contribution >= 0.6 is 0 Å². The van der Waals surface area contributed by atoms with Crippen molar-refractivity contribution in [2.45, 2.75) is 6.54 Å². The average molecular weight is 213 g/mol. The van der Waals surface area contributed by atoms with Gasteiger partial charge in [-0.25, -0.2) is 5.43 Å². The highest BCUT2D eigenvalue weighted by molar-refractivity contribution is 5.50. The zero-order chi connectivity index (χ0) is 11.2. The van der Waals surface area contributed by atoms with E-state index in [4.69, 9.17) is 5.73 Å². The molecular formula is C13H15N3. The van der Waals surface area contributed by atoms with Crippen LogP contribution < -0.4 is 16.6 Å². The van der Waals surface area contributed by atoms with Crippen LogP contribution in [0.4, 0.5) is 11.4 Å². The number of hydrogen-bond donors (Lipinski definition) is 3. The van der Waals surface area contributed by atoms with E-state index in [0.29, 0.717) is 0 Å². The molecule has 2 rings (SSSR count). The first-order valence-electron chi connectivity index (χ1n) is 5.23. The standard InChI is InChI=1S/C13H15N3/c14-12-6-8-13(9-7-12)16-15-10-11-4-2-1-3-5-11/h1-9,15-16H,10,14H2. The van der Waals surface area contributed by atoms with E-state index in [2.05, 4.69) is 23.0 Å². The molecule has 4 N–H and O–H groups in total. The van der Waals surface area contributed by atoms with Crippen LogP contribution in [0.3, 0.4) is 0 Å². The summed E-state index contributed by atoms with van der Waals surface area (Å²) in [5.74, 6) is 0. The third-order valence-electron chi connectivity index (χ3n) is 2.28. The zero-order valence-electron chi connectivity index (χ0n) is 8.98. The molecule has 2 aromatic carbocycles. The molecule has 0 radical (unpaired) electrons. The van der Waals surface area contributed by atoms with Crippen LogP contribution in [0.15, 0.2) is 54.6 Å².